The van der Waals surface area contributed by atoms with Gasteiger partial charge in [0, 0.05) is 37.5 Å². The summed E-state index contributed by atoms with van der Waals surface area (Å²) >= 11 is 0. The van der Waals surface area contributed by atoms with Crippen molar-refractivity contribution in [2.24, 2.45) is 7.05 Å². The van der Waals surface area contributed by atoms with E-state index in [2.05, 4.69) is 19.9 Å². The summed E-state index contributed by atoms with van der Waals surface area (Å²) in [7, 11) is 2.39. The molecule has 1 atom stereocenters. The molecular weight excluding hydrogens is 515 g/mol. The molecule has 0 aliphatic carbocycles. The molecule has 198 valence electrons. The third kappa shape index (κ3) is 4.62. The van der Waals surface area contributed by atoms with Crippen molar-refractivity contribution in [3.63, 3.8) is 0 Å². The molecule has 0 N–H and O–H groups in total. The van der Waals surface area contributed by atoms with Crippen molar-refractivity contribution < 1.29 is 31.4 Å². The number of rotatable bonds is 4. The molecule has 0 spiro atoms. The first-order valence-electron chi connectivity index (χ1n) is 11.2. The fourth-order valence-electron chi connectivity index (χ4n) is 4.17. The maximum Gasteiger partial charge on any atom is 0.449 e. The first-order valence-corrected chi connectivity index (χ1v) is 11.2. The van der Waals surface area contributed by atoms with Crippen LogP contribution in [-0.4, -0.2) is 51.3 Å². The van der Waals surface area contributed by atoms with Gasteiger partial charge in [-0.05, 0) is 23.8 Å². The lowest BCUT2D eigenvalue weighted by atomic mass is 10.1. The van der Waals surface area contributed by atoms with Crippen molar-refractivity contribution in [2.75, 3.05) is 31.7 Å². The third-order valence-electron chi connectivity index (χ3n) is 6.04. The number of hydrogen-bond acceptors (Lipinski definition) is 8. The molecule has 1 aliphatic rings. The number of halogens is 5. The largest absolute Gasteiger partial charge is 0.481 e. The molecule has 1 fully saturated rings. The van der Waals surface area contributed by atoms with Gasteiger partial charge in [-0.2, -0.15) is 13.2 Å². The number of methoxy groups -OCH3 is 1. The molecule has 1 saturated heterocycles. The van der Waals surface area contributed by atoms with Gasteiger partial charge in [-0.3, -0.25) is 9.36 Å². The third-order valence-corrected chi connectivity index (χ3v) is 6.04. The van der Waals surface area contributed by atoms with Crippen molar-refractivity contribution in [1.82, 2.24) is 24.5 Å². The number of morpholine rings is 1. The van der Waals surface area contributed by atoms with Gasteiger partial charge >= 0.3 is 6.18 Å². The summed E-state index contributed by atoms with van der Waals surface area (Å²) in [6, 6.07) is 5.94. The molecule has 1 aliphatic heterocycles. The summed E-state index contributed by atoms with van der Waals surface area (Å²) in [5, 5.41) is 0. The monoisotopic (exact) mass is 534 g/mol. The Balaban J connectivity index is 1.68. The Morgan fingerprint density at radius 3 is 2.58 bits per heavy atom. The number of hydrogen-bond donors (Lipinski definition) is 0. The molecule has 14 heteroatoms. The second-order valence-corrected chi connectivity index (χ2v) is 8.43. The maximum absolute atomic E-state index is 14.8. The predicted molar refractivity (Wildman–Crippen MR) is 125 cm³/mol. The molecule has 38 heavy (non-hydrogen) atoms. The molecule has 0 radical (unpaired) electrons. The van der Waals surface area contributed by atoms with Crippen molar-refractivity contribution in [2.45, 2.75) is 12.3 Å². The van der Waals surface area contributed by atoms with Gasteiger partial charge < -0.3 is 14.4 Å². The van der Waals surface area contributed by atoms with Crippen molar-refractivity contribution in [3.8, 4) is 17.1 Å². The van der Waals surface area contributed by atoms with Crippen molar-refractivity contribution >= 4 is 17.0 Å². The summed E-state index contributed by atoms with van der Waals surface area (Å²) in [4.78, 5) is 30.9. The van der Waals surface area contributed by atoms with Crippen LogP contribution in [0.15, 0.2) is 41.3 Å². The van der Waals surface area contributed by atoms with Gasteiger partial charge in [0.2, 0.25) is 17.7 Å². The Bertz CT molecular complexity index is 1590. The molecule has 0 bridgehead atoms. The van der Waals surface area contributed by atoms with Crippen LogP contribution in [0.5, 0.6) is 5.88 Å². The van der Waals surface area contributed by atoms with E-state index in [0.29, 0.717) is 16.5 Å². The van der Waals surface area contributed by atoms with Crippen LogP contribution >= 0.6 is 0 Å². The number of fused-ring (bicyclic) bond motifs is 1. The predicted octanol–water partition coefficient (Wildman–Crippen LogP) is 3.67. The lowest BCUT2D eigenvalue weighted by Crippen LogP contribution is -2.39. The number of pyridine rings is 1. The molecule has 4 aromatic rings. The van der Waals surface area contributed by atoms with Crippen molar-refractivity contribution in [3.05, 3.63) is 69.9 Å². The van der Waals surface area contributed by atoms with E-state index in [1.165, 1.54) is 7.11 Å². The zero-order valence-corrected chi connectivity index (χ0v) is 20.0. The maximum atomic E-state index is 14.8. The Kier molecular flexibility index (Phi) is 6.42. The highest BCUT2D eigenvalue weighted by molar-refractivity contribution is 5.89. The van der Waals surface area contributed by atoms with Gasteiger partial charge in [-0.15, -0.1) is 0 Å². The van der Waals surface area contributed by atoms with Crippen LogP contribution in [0.25, 0.3) is 22.3 Å². The molecule has 0 saturated carbocycles. The van der Waals surface area contributed by atoms with E-state index < -0.39 is 46.3 Å². The number of alkyl halides is 3. The van der Waals surface area contributed by atoms with Crippen LogP contribution in [-0.2, 0) is 18.0 Å². The van der Waals surface area contributed by atoms with E-state index in [-0.39, 0.29) is 36.9 Å². The van der Waals surface area contributed by atoms with E-state index in [1.807, 2.05) is 0 Å². The van der Waals surface area contributed by atoms with Crippen LogP contribution in [0.3, 0.4) is 0 Å². The van der Waals surface area contributed by atoms with Gasteiger partial charge in [0.25, 0.3) is 5.56 Å². The molecule has 3 aromatic heterocycles. The Hall–Kier alpha value is -4.20. The minimum absolute atomic E-state index is 0.0517. The highest BCUT2D eigenvalue weighted by Crippen LogP contribution is 2.33. The van der Waals surface area contributed by atoms with E-state index in [1.54, 1.807) is 23.2 Å². The van der Waals surface area contributed by atoms with Gasteiger partial charge in [-0.25, -0.2) is 28.7 Å². The standard InChI is InChI=1S/C24H19F5N6O3/c1-34-21(36)20-19(31-22(34)24(27,28)29)18(14-4-3-13(25)10-15(14)26)32-23(33-20)35-7-8-38-16(11-35)12-5-6-30-17(9-12)37-2/h3-6,9-10,16H,7-8,11H2,1-2H3/t16-/m1/s1. The second kappa shape index (κ2) is 9.59. The zero-order chi connectivity index (χ0) is 27.2. The molecule has 0 unspecified atom stereocenters. The van der Waals surface area contributed by atoms with E-state index in [0.717, 1.165) is 24.7 Å². The Morgan fingerprint density at radius 1 is 1.08 bits per heavy atom. The average Bonchev–Trinajstić information content (AvgIpc) is 2.90. The van der Waals surface area contributed by atoms with Crippen LogP contribution in [0.2, 0.25) is 0 Å². The van der Waals surface area contributed by atoms with Gasteiger partial charge in [0.05, 0.1) is 20.3 Å². The number of nitrogens with zero attached hydrogens (tertiary/aromatic N) is 6. The van der Waals surface area contributed by atoms with Crippen LogP contribution in [0.1, 0.15) is 17.5 Å². The number of anilines is 1. The smallest absolute Gasteiger partial charge is 0.449 e. The molecular formula is C24H19F5N6O3. The minimum atomic E-state index is -4.98. The topological polar surface area (TPSA) is 95.3 Å². The van der Waals surface area contributed by atoms with Crippen LogP contribution < -0.4 is 15.2 Å². The SMILES string of the molecule is COc1cc([C@H]2CN(c3nc(-c4ccc(F)cc4F)c4nc(C(F)(F)F)n(C)c(=O)c4n3)CCO2)ccn1. The normalized spacial score (nSPS) is 16.2. The summed E-state index contributed by atoms with van der Waals surface area (Å²) in [6.07, 6.45) is -3.92. The average molecular weight is 534 g/mol. The highest BCUT2D eigenvalue weighted by atomic mass is 19.4. The molecule has 4 heterocycles. The number of benzene rings is 1. The molecule has 1 aromatic carbocycles. The number of aromatic nitrogens is 5. The quantitative estimate of drug-likeness (QED) is 0.366. The van der Waals surface area contributed by atoms with E-state index >= 15 is 0 Å². The zero-order valence-electron chi connectivity index (χ0n) is 20.0. The van der Waals surface area contributed by atoms with Crippen molar-refractivity contribution in [1.29, 1.82) is 0 Å². The van der Waals surface area contributed by atoms with E-state index in [4.69, 9.17) is 9.47 Å². The fraction of sp³-hybridized carbons (Fsp3) is 0.292. The van der Waals surface area contributed by atoms with Crippen LogP contribution in [0.4, 0.5) is 27.9 Å². The lowest BCUT2D eigenvalue weighted by Gasteiger charge is -2.33. The highest BCUT2D eigenvalue weighted by Gasteiger charge is 2.37. The first-order chi connectivity index (χ1) is 18.1. The van der Waals surface area contributed by atoms with Gasteiger partial charge in [0.1, 0.15) is 28.9 Å². The summed E-state index contributed by atoms with van der Waals surface area (Å²) in [5.41, 5.74) is -2.08. The lowest BCUT2D eigenvalue weighted by molar-refractivity contribution is -0.147. The molecule has 9 nitrogen and oxygen atoms in total. The summed E-state index contributed by atoms with van der Waals surface area (Å²) in [6.45, 7) is 0.683. The van der Waals surface area contributed by atoms with E-state index in [9.17, 15) is 26.7 Å². The molecule has 5 rings (SSSR count). The second-order valence-electron chi connectivity index (χ2n) is 8.43. The fourth-order valence-corrected chi connectivity index (χ4v) is 4.17. The summed E-state index contributed by atoms with van der Waals surface area (Å²) < 4.78 is 80.7. The number of ether oxygens (including phenoxy) is 2. The summed E-state index contributed by atoms with van der Waals surface area (Å²) in [5.74, 6) is -3.17. The van der Waals surface area contributed by atoms with Gasteiger partial charge in [0.15, 0.2) is 5.52 Å². The Morgan fingerprint density at radius 2 is 1.87 bits per heavy atom. The van der Waals surface area contributed by atoms with Gasteiger partial charge in [-0.1, -0.05) is 0 Å². The molecule has 0 amide bonds. The van der Waals surface area contributed by atoms with Crippen LogP contribution in [0, 0.1) is 11.6 Å². The first kappa shape index (κ1) is 25.4. The Labute approximate surface area is 211 Å². The minimum Gasteiger partial charge on any atom is -0.481 e.